The second-order valence-electron chi connectivity index (χ2n) is 6.90. The molecule has 0 saturated heterocycles. The first-order chi connectivity index (χ1) is 11.6. The summed E-state index contributed by atoms with van der Waals surface area (Å²) < 4.78 is 0. The third kappa shape index (κ3) is 4.45. The van der Waals surface area contributed by atoms with Crippen LogP contribution in [0.15, 0.2) is 36.7 Å². The maximum atomic E-state index is 4.37. The molecule has 0 bridgehead atoms. The van der Waals surface area contributed by atoms with Crippen LogP contribution in [-0.2, 0) is 0 Å². The molecule has 24 heavy (non-hydrogen) atoms. The van der Waals surface area contributed by atoms with Gasteiger partial charge in [-0.15, -0.1) is 0 Å². The van der Waals surface area contributed by atoms with Crippen LogP contribution in [-0.4, -0.2) is 41.0 Å². The van der Waals surface area contributed by atoms with Gasteiger partial charge in [-0.1, -0.05) is 12.1 Å². The Kier molecular flexibility index (Phi) is 5.30. The molecule has 1 aliphatic rings. The number of nitrogens with zero attached hydrogens (tertiary/aromatic N) is 3. The lowest BCUT2D eigenvalue weighted by molar-refractivity contribution is 0.221. The summed E-state index contributed by atoms with van der Waals surface area (Å²) in [7, 11) is 4.35. The Morgan fingerprint density at radius 1 is 1.00 bits per heavy atom. The van der Waals surface area contributed by atoms with Crippen LogP contribution in [0.2, 0.25) is 0 Å². The van der Waals surface area contributed by atoms with E-state index in [1.54, 1.807) is 6.33 Å². The Hall–Kier alpha value is -2.14. The summed E-state index contributed by atoms with van der Waals surface area (Å²) in [6, 6.07) is 11.5. The van der Waals surface area contributed by atoms with Crippen LogP contribution in [0.1, 0.15) is 31.2 Å². The molecule has 0 radical (unpaired) electrons. The summed E-state index contributed by atoms with van der Waals surface area (Å²) in [5, 5.41) is 6.91. The Morgan fingerprint density at radius 2 is 1.75 bits per heavy atom. The van der Waals surface area contributed by atoms with Gasteiger partial charge in [0, 0.05) is 23.8 Å². The topological polar surface area (TPSA) is 53.1 Å². The second kappa shape index (κ2) is 7.62. The molecule has 5 heteroatoms. The van der Waals surface area contributed by atoms with Crippen molar-refractivity contribution in [1.82, 2.24) is 14.9 Å². The number of aromatic nitrogens is 2. The molecule has 0 amide bonds. The summed E-state index contributed by atoms with van der Waals surface area (Å²) >= 11 is 0. The van der Waals surface area contributed by atoms with Gasteiger partial charge in [0.15, 0.2) is 0 Å². The minimum atomic E-state index is 0.503. The minimum Gasteiger partial charge on any atom is -0.367 e. The van der Waals surface area contributed by atoms with Gasteiger partial charge < -0.3 is 15.5 Å². The van der Waals surface area contributed by atoms with E-state index in [9.17, 15) is 0 Å². The molecule has 1 fully saturated rings. The van der Waals surface area contributed by atoms with Gasteiger partial charge in [0.2, 0.25) is 0 Å². The Balaban J connectivity index is 1.59. The van der Waals surface area contributed by atoms with E-state index >= 15 is 0 Å². The number of hydrogen-bond acceptors (Lipinski definition) is 5. The average molecular weight is 325 g/mol. The van der Waals surface area contributed by atoms with Crippen molar-refractivity contribution < 1.29 is 0 Å². The Bertz CT molecular complexity index is 662. The molecular weight excluding hydrogens is 298 g/mol. The number of nitrogens with one attached hydrogen (secondary N) is 2. The number of rotatable bonds is 5. The molecule has 2 N–H and O–H groups in total. The van der Waals surface area contributed by atoms with Crippen molar-refractivity contribution in [1.29, 1.82) is 0 Å². The van der Waals surface area contributed by atoms with E-state index in [-0.39, 0.29) is 0 Å². The van der Waals surface area contributed by atoms with Crippen molar-refractivity contribution in [2.24, 2.45) is 0 Å². The number of hydrogen-bond donors (Lipinski definition) is 2. The van der Waals surface area contributed by atoms with Crippen molar-refractivity contribution in [3.8, 4) is 0 Å². The molecule has 1 saturated carbocycles. The maximum absolute atomic E-state index is 4.37. The smallest absolute Gasteiger partial charge is 0.135 e. The van der Waals surface area contributed by atoms with Gasteiger partial charge in [0.25, 0.3) is 0 Å². The lowest BCUT2D eigenvalue weighted by Gasteiger charge is -2.33. The van der Waals surface area contributed by atoms with Gasteiger partial charge in [-0.2, -0.15) is 0 Å². The first-order valence-electron chi connectivity index (χ1n) is 8.69. The summed E-state index contributed by atoms with van der Waals surface area (Å²) in [5.41, 5.74) is 2.27. The molecule has 1 heterocycles. The molecule has 128 valence electrons. The number of benzene rings is 1. The van der Waals surface area contributed by atoms with Crippen molar-refractivity contribution in [3.63, 3.8) is 0 Å². The van der Waals surface area contributed by atoms with E-state index in [1.165, 1.54) is 31.2 Å². The molecule has 0 unspecified atom stereocenters. The predicted molar refractivity (Wildman–Crippen MR) is 99.8 cm³/mol. The van der Waals surface area contributed by atoms with E-state index in [2.05, 4.69) is 58.7 Å². The monoisotopic (exact) mass is 325 g/mol. The maximum Gasteiger partial charge on any atom is 0.135 e. The van der Waals surface area contributed by atoms with Crippen LogP contribution in [0.3, 0.4) is 0 Å². The highest BCUT2D eigenvalue weighted by Gasteiger charge is 2.22. The predicted octanol–water partition coefficient (Wildman–Crippen LogP) is 3.81. The van der Waals surface area contributed by atoms with E-state index in [1.807, 2.05) is 18.2 Å². The lowest BCUT2D eigenvalue weighted by Crippen LogP contribution is -2.36. The molecule has 1 aliphatic carbocycles. The van der Waals surface area contributed by atoms with E-state index in [0.717, 1.165) is 17.3 Å². The first kappa shape index (κ1) is 16.7. The van der Waals surface area contributed by atoms with Crippen LogP contribution in [0, 0.1) is 6.92 Å². The third-order valence-electron chi connectivity index (χ3n) is 4.74. The second-order valence-corrected chi connectivity index (χ2v) is 6.90. The molecule has 0 atom stereocenters. The molecular formula is C19H27N5. The van der Waals surface area contributed by atoms with E-state index in [4.69, 9.17) is 0 Å². The van der Waals surface area contributed by atoms with Gasteiger partial charge in [0.05, 0.1) is 0 Å². The highest BCUT2D eigenvalue weighted by atomic mass is 15.1. The highest BCUT2D eigenvalue weighted by Crippen LogP contribution is 2.25. The van der Waals surface area contributed by atoms with Gasteiger partial charge in [-0.3, -0.25) is 0 Å². The van der Waals surface area contributed by atoms with Crippen LogP contribution < -0.4 is 10.6 Å². The summed E-state index contributed by atoms with van der Waals surface area (Å²) in [6.45, 7) is 2.09. The van der Waals surface area contributed by atoms with Crippen molar-refractivity contribution in [2.45, 2.75) is 44.7 Å². The third-order valence-corrected chi connectivity index (χ3v) is 4.74. The number of aryl methyl sites for hydroxylation is 1. The summed E-state index contributed by atoms with van der Waals surface area (Å²) in [6.07, 6.45) is 6.47. The molecule has 2 aromatic rings. The normalized spacial score (nSPS) is 20.8. The van der Waals surface area contributed by atoms with Gasteiger partial charge in [-0.05, 0) is 64.4 Å². The van der Waals surface area contributed by atoms with Crippen molar-refractivity contribution >= 4 is 17.3 Å². The van der Waals surface area contributed by atoms with Crippen LogP contribution in [0.25, 0.3) is 0 Å². The van der Waals surface area contributed by atoms with Gasteiger partial charge in [-0.25, -0.2) is 9.97 Å². The molecule has 0 spiro atoms. The fourth-order valence-electron chi connectivity index (χ4n) is 3.32. The Morgan fingerprint density at radius 3 is 2.46 bits per heavy atom. The molecule has 0 aliphatic heterocycles. The van der Waals surface area contributed by atoms with E-state index < -0.39 is 0 Å². The molecule has 3 rings (SSSR count). The van der Waals surface area contributed by atoms with Crippen molar-refractivity contribution in [2.75, 3.05) is 24.7 Å². The summed E-state index contributed by atoms with van der Waals surface area (Å²) in [4.78, 5) is 11.0. The lowest BCUT2D eigenvalue weighted by atomic mass is 9.90. The van der Waals surface area contributed by atoms with Crippen LogP contribution in [0.5, 0.6) is 0 Å². The number of anilines is 3. The molecule has 1 aromatic heterocycles. The molecule has 1 aromatic carbocycles. The zero-order chi connectivity index (χ0) is 16.9. The van der Waals surface area contributed by atoms with Gasteiger partial charge >= 0.3 is 0 Å². The zero-order valence-corrected chi connectivity index (χ0v) is 14.8. The largest absolute Gasteiger partial charge is 0.367 e. The minimum absolute atomic E-state index is 0.503. The van der Waals surface area contributed by atoms with Crippen molar-refractivity contribution in [3.05, 3.63) is 42.2 Å². The van der Waals surface area contributed by atoms with Crippen LogP contribution >= 0.6 is 0 Å². The fourth-order valence-corrected chi connectivity index (χ4v) is 3.32. The molecule has 5 nitrogen and oxygen atoms in total. The fraction of sp³-hybridized carbons (Fsp3) is 0.474. The van der Waals surface area contributed by atoms with Gasteiger partial charge in [0.1, 0.15) is 18.0 Å². The van der Waals surface area contributed by atoms with E-state index in [0.29, 0.717) is 12.1 Å². The quantitative estimate of drug-likeness (QED) is 0.875. The zero-order valence-electron chi connectivity index (χ0n) is 14.8. The Labute approximate surface area is 144 Å². The standard InChI is InChI=1S/C19H27N5/c1-14-5-4-6-16(11-14)23-19-12-18(20-13-21-19)22-15-7-9-17(10-8-15)24(2)3/h4-6,11-13,15,17H,7-10H2,1-3H3,(H2,20,21,22,23). The highest BCUT2D eigenvalue weighted by molar-refractivity contribution is 5.59. The average Bonchev–Trinajstić information content (AvgIpc) is 2.56. The van der Waals surface area contributed by atoms with Crippen LogP contribution in [0.4, 0.5) is 17.3 Å². The summed E-state index contributed by atoms with van der Waals surface area (Å²) in [5.74, 6) is 1.72. The first-order valence-corrected chi connectivity index (χ1v) is 8.69. The SMILES string of the molecule is Cc1cccc(Nc2cc(NC3CCC(N(C)C)CC3)ncn2)c1.